The van der Waals surface area contributed by atoms with E-state index in [4.69, 9.17) is 4.74 Å². The molecule has 0 bridgehead atoms. The molecule has 3 heteroatoms. The van der Waals surface area contributed by atoms with E-state index in [1.165, 1.54) is 23.3 Å². The van der Waals surface area contributed by atoms with Crippen LogP contribution in [0.4, 0.5) is 4.39 Å². The van der Waals surface area contributed by atoms with Gasteiger partial charge in [0.25, 0.3) is 0 Å². The van der Waals surface area contributed by atoms with Crippen molar-refractivity contribution in [1.29, 1.82) is 0 Å². The van der Waals surface area contributed by atoms with Gasteiger partial charge in [0.15, 0.2) is 0 Å². The molecule has 0 aliphatic carbocycles. The molecular weight excluding hydrogens is 255 g/mol. The molecule has 2 atom stereocenters. The van der Waals surface area contributed by atoms with Crippen molar-refractivity contribution in [2.24, 2.45) is 0 Å². The highest BCUT2D eigenvalue weighted by Gasteiger charge is 2.28. The van der Waals surface area contributed by atoms with Gasteiger partial charge < -0.3 is 9.84 Å². The molecule has 0 radical (unpaired) electrons. The van der Waals surface area contributed by atoms with Gasteiger partial charge in [0.2, 0.25) is 0 Å². The molecule has 0 saturated heterocycles. The van der Waals surface area contributed by atoms with E-state index in [2.05, 4.69) is 18.2 Å². The second-order valence-corrected chi connectivity index (χ2v) is 5.46. The number of aliphatic hydroxyl groups is 1. The third kappa shape index (κ3) is 2.41. The largest absolute Gasteiger partial charge is 0.485 e. The zero-order valence-corrected chi connectivity index (χ0v) is 11.6. The van der Waals surface area contributed by atoms with Gasteiger partial charge in [-0.15, -0.1) is 0 Å². The zero-order valence-electron chi connectivity index (χ0n) is 11.6. The summed E-state index contributed by atoms with van der Waals surface area (Å²) < 4.78 is 19.2. The van der Waals surface area contributed by atoms with Gasteiger partial charge >= 0.3 is 0 Å². The fourth-order valence-corrected chi connectivity index (χ4v) is 2.82. The van der Waals surface area contributed by atoms with Crippen molar-refractivity contribution in [3.8, 4) is 5.75 Å². The molecule has 2 nitrogen and oxygen atoms in total. The summed E-state index contributed by atoms with van der Waals surface area (Å²) in [6.45, 7) is 4.08. The summed E-state index contributed by atoms with van der Waals surface area (Å²) in [5.41, 5.74) is 3.92. The summed E-state index contributed by atoms with van der Waals surface area (Å²) in [7, 11) is 0. The Kier molecular flexibility index (Phi) is 3.22. The van der Waals surface area contributed by atoms with Crippen LogP contribution in [-0.2, 0) is 0 Å². The van der Waals surface area contributed by atoms with Crippen LogP contribution in [0, 0.1) is 19.7 Å². The van der Waals surface area contributed by atoms with Gasteiger partial charge in [-0.25, -0.2) is 4.39 Å². The number of hydrogen-bond acceptors (Lipinski definition) is 2. The van der Waals surface area contributed by atoms with Crippen molar-refractivity contribution < 1.29 is 14.2 Å². The first kappa shape index (κ1) is 13.1. The average Bonchev–Trinajstić information content (AvgIpc) is 2.38. The maximum atomic E-state index is 13.2. The van der Waals surface area contributed by atoms with Gasteiger partial charge in [0, 0.05) is 12.0 Å². The Morgan fingerprint density at radius 2 is 1.80 bits per heavy atom. The van der Waals surface area contributed by atoms with E-state index in [0.717, 1.165) is 5.56 Å². The number of ether oxygens (including phenoxy) is 1. The fraction of sp³-hybridized carbons (Fsp3) is 0.294. The van der Waals surface area contributed by atoms with Gasteiger partial charge in [0.05, 0.1) is 6.10 Å². The first-order chi connectivity index (χ1) is 9.52. The molecule has 1 aliphatic heterocycles. The van der Waals surface area contributed by atoms with Gasteiger partial charge in [0.1, 0.15) is 17.7 Å². The van der Waals surface area contributed by atoms with E-state index in [-0.39, 0.29) is 11.9 Å². The molecule has 1 unspecified atom stereocenters. The minimum Gasteiger partial charge on any atom is -0.485 e. The van der Waals surface area contributed by atoms with Crippen LogP contribution in [0.2, 0.25) is 0 Å². The number of benzene rings is 2. The minimum absolute atomic E-state index is 0.193. The van der Waals surface area contributed by atoms with E-state index in [1.807, 2.05) is 13.8 Å². The van der Waals surface area contributed by atoms with Crippen molar-refractivity contribution in [3.05, 3.63) is 64.5 Å². The molecule has 1 N–H and O–H groups in total. The second-order valence-electron chi connectivity index (χ2n) is 5.46. The first-order valence-corrected chi connectivity index (χ1v) is 6.75. The second kappa shape index (κ2) is 4.91. The quantitative estimate of drug-likeness (QED) is 0.850. The Morgan fingerprint density at radius 3 is 2.50 bits per heavy atom. The molecule has 104 valence electrons. The lowest BCUT2D eigenvalue weighted by Gasteiger charge is -2.30. The summed E-state index contributed by atoms with van der Waals surface area (Å²) in [4.78, 5) is 0. The third-order valence-corrected chi connectivity index (χ3v) is 3.65. The molecule has 0 saturated carbocycles. The van der Waals surface area contributed by atoms with E-state index < -0.39 is 6.10 Å². The van der Waals surface area contributed by atoms with Gasteiger partial charge in [-0.2, -0.15) is 0 Å². The molecule has 2 aromatic rings. The Bertz CT molecular complexity index is 631. The molecule has 0 fully saturated rings. The molecule has 3 rings (SSSR count). The van der Waals surface area contributed by atoms with Crippen LogP contribution in [0.3, 0.4) is 0 Å². The Labute approximate surface area is 117 Å². The summed E-state index contributed by atoms with van der Waals surface area (Å²) >= 11 is 0. The van der Waals surface area contributed by atoms with Crippen LogP contribution >= 0.6 is 0 Å². The van der Waals surface area contributed by atoms with Crippen molar-refractivity contribution >= 4 is 0 Å². The van der Waals surface area contributed by atoms with Crippen LogP contribution in [0.15, 0.2) is 36.4 Å². The average molecular weight is 272 g/mol. The molecular formula is C17H17FO2. The minimum atomic E-state index is -0.694. The monoisotopic (exact) mass is 272 g/mol. The lowest BCUT2D eigenvalue weighted by atomic mass is 9.93. The lowest BCUT2D eigenvalue weighted by molar-refractivity contribution is 0.0653. The molecule has 0 aromatic heterocycles. The van der Waals surface area contributed by atoms with Crippen LogP contribution in [-0.4, -0.2) is 5.11 Å². The molecule has 1 heterocycles. The van der Waals surface area contributed by atoms with Crippen molar-refractivity contribution in [1.82, 2.24) is 0 Å². The van der Waals surface area contributed by atoms with Crippen LogP contribution in [0.25, 0.3) is 0 Å². The van der Waals surface area contributed by atoms with Crippen LogP contribution in [0.1, 0.15) is 40.9 Å². The van der Waals surface area contributed by atoms with E-state index in [0.29, 0.717) is 17.7 Å². The van der Waals surface area contributed by atoms with Crippen LogP contribution < -0.4 is 4.74 Å². The maximum Gasteiger partial charge on any atom is 0.127 e. The SMILES string of the molecule is Cc1cc(C)cc(C2C[C@H](O)c3cc(F)ccc3O2)c1. The highest BCUT2D eigenvalue weighted by Crippen LogP contribution is 2.41. The van der Waals surface area contributed by atoms with Crippen molar-refractivity contribution in [2.75, 3.05) is 0 Å². The summed E-state index contributed by atoms with van der Waals surface area (Å²) in [5.74, 6) is 0.213. The number of hydrogen-bond donors (Lipinski definition) is 1. The van der Waals surface area contributed by atoms with Gasteiger partial charge in [-0.3, -0.25) is 0 Å². The molecule has 1 aliphatic rings. The summed E-state index contributed by atoms with van der Waals surface area (Å²) in [6, 6.07) is 10.5. The summed E-state index contributed by atoms with van der Waals surface area (Å²) in [5, 5.41) is 10.2. The Morgan fingerprint density at radius 1 is 1.10 bits per heavy atom. The van der Waals surface area contributed by atoms with E-state index in [1.54, 1.807) is 6.07 Å². The molecule has 0 spiro atoms. The fourth-order valence-electron chi connectivity index (χ4n) is 2.82. The van der Waals surface area contributed by atoms with Gasteiger partial charge in [-0.05, 0) is 37.6 Å². The standard InChI is InChI=1S/C17H17FO2/c1-10-5-11(2)7-12(6-10)17-9-15(19)14-8-13(18)3-4-16(14)20-17/h3-8,15,17,19H,9H2,1-2H3/t15-,17?/m0/s1. The highest BCUT2D eigenvalue weighted by atomic mass is 19.1. The van der Waals surface area contributed by atoms with Crippen molar-refractivity contribution in [3.63, 3.8) is 0 Å². The normalized spacial score (nSPS) is 21.2. The maximum absolute atomic E-state index is 13.2. The van der Waals surface area contributed by atoms with E-state index in [9.17, 15) is 9.50 Å². The lowest BCUT2D eigenvalue weighted by Crippen LogP contribution is -2.19. The number of aryl methyl sites for hydroxylation is 2. The first-order valence-electron chi connectivity index (χ1n) is 6.75. The third-order valence-electron chi connectivity index (χ3n) is 3.65. The zero-order chi connectivity index (χ0) is 14.3. The Hall–Kier alpha value is -1.87. The number of aliphatic hydroxyl groups excluding tert-OH is 1. The predicted molar refractivity (Wildman–Crippen MR) is 75.3 cm³/mol. The van der Waals surface area contributed by atoms with Crippen LogP contribution in [0.5, 0.6) is 5.75 Å². The molecule has 2 aromatic carbocycles. The smallest absolute Gasteiger partial charge is 0.127 e. The highest BCUT2D eigenvalue weighted by molar-refractivity contribution is 5.40. The topological polar surface area (TPSA) is 29.5 Å². The molecule has 20 heavy (non-hydrogen) atoms. The van der Waals surface area contributed by atoms with E-state index >= 15 is 0 Å². The predicted octanol–water partition coefficient (Wildman–Crippen LogP) is 4.00. The number of fused-ring (bicyclic) bond motifs is 1. The van der Waals surface area contributed by atoms with Crippen molar-refractivity contribution in [2.45, 2.75) is 32.5 Å². The van der Waals surface area contributed by atoms with Gasteiger partial charge in [-0.1, -0.05) is 29.3 Å². The number of halogens is 1. The summed E-state index contributed by atoms with van der Waals surface area (Å²) in [6.07, 6.45) is -0.443. The molecule has 0 amide bonds. The number of rotatable bonds is 1. The Balaban J connectivity index is 1.96.